The average molecular weight is 276 g/mol. The molecule has 0 saturated carbocycles. The Bertz CT molecular complexity index is 506. The van der Waals surface area contributed by atoms with Crippen LogP contribution < -0.4 is 51.4 Å². The molecule has 0 aliphatic heterocycles. The summed E-state index contributed by atoms with van der Waals surface area (Å²) in [6, 6.07) is 13.6. The fraction of sp³-hybridized carbons (Fsp3) is 0. The molecule has 1 N–H and O–H groups in total. The average Bonchev–Trinajstić information content (AvgIpc) is 2.27. The van der Waals surface area contributed by atoms with Gasteiger partial charge in [0.15, 0.2) is 6.29 Å². The minimum atomic E-state index is -2.86. The van der Waals surface area contributed by atoms with Crippen molar-refractivity contribution in [2.75, 3.05) is 0 Å². The zero-order valence-corrected chi connectivity index (χ0v) is 13.1. The smallest absolute Gasteiger partial charge is 0.750 e. The van der Waals surface area contributed by atoms with Crippen LogP contribution in [-0.4, -0.2) is 19.6 Å². The van der Waals surface area contributed by atoms with E-state index >= 15 is 0 Å². The Labute approximate surface area is 144 Å². The second-order valence-electron chi connectivity index (χ2n) is 2.90. The maximum absolute atomic E-state index is 10.6. The van der Waals surface area contributed by atoms with Crippen molar-refractivity contribution in [1.82, 2.24) is 0 Å². The molecule has 6 heteroatoms. The zero-order valence-electron chi connectivity index (χ0n) is 9.20. The molecule has 4 nitrogen and oxygen atoms in total. The van der Waals surface area contributed by atoms with Gasteiger partial charge in [0.1, 0.15) is 0 Å². The van der Waals surface area contributed by atoms with Gasteiger partial charge in [-0.2, -0.15) is 0 Å². The summed E-state index contributed by atoms with van der Waals surface area (Å²) in [5.41, 5.74) is 0.758. The second kappa shape index (κ2) is 9.07. The van der Waals surface area contributed by atoms with E-state index in [4.69, 9.17) is 13.3 Å². The molecule has 84 valence electrons. The van der Waals surface area contributed by atoms with Gasteiger partial charge in [0.25, 0.3) is 0 Å². The van der Waals surface area contributed by atoms with Gasteiger partial charge in [-0.1, -0.05) is 42.5 Å². The predicted octanol–water partition coefficient (Wildman–Crippen LogP) is -1.01. The largest absolute Gasteiger partial charge is 1.00 e. The summed E-state index contributed by atoms with van der Waals surface area (Å²) in [7, 11) is 0. The van der Waals surface area contributed by atoms with Crippen molar-refractivity contribution in [3.63, 3.8) is 0 Å². The van der Waals surface area contributed by atoms with Gasteiger partial charge in [-0.15, -0.1) is 0 Å². The molecule has 2 aromatic rings. The molecule has 0 heterocycles. The van der Waals surface area contributed by atoms with Crippen LogP contribution in [0.4, 0.5) is 0 Å². The number of aldehydes is 1. The van der Waals surface area contributed by atoms with Gasteiger partial charge >= 0.3 is 51.4 Å². The van der Waals surface area contributed by atoms with Crippen LogP contribution in [0.1, 0.15) is 10.4 Å². The van der Waals surface area contributed by atoms with Gasteiger partial charge in [0, 0.05) is 5.56 Å². The molecule has 0 amide bonds. The summed E-state index contributed by atoms with van der Waals surface area (Å²) in [5, 5.41) is 2.14. The quantitative estimate of drug-likeness (QED) is 0.411. The second-order valence-corrected chi connectivity index (χ2v) is 3.34. The Kier molecular flexibility index (Phi) is 9.11. The molecule has 0 radical (unpaired) electrons. The fourth-order valence-corrected chi connectivity index (χ4v) is 1.35. The Hall–Kier alpha value is 0.0764. The first-order valence-corrected chi connectivity index (χ1v) is 5.39. The molecular formula is C11H9KO4S. The molecule has 0 bridgehead atoms. The molecule has 0 saturated heterocycles. The molecule has 0 aliphatic carbocycles. The Morgan fingerprint density at radius 2 is 1.65 bits per heavy atom. The van der Waals surface area contributed by atoms with E-state index in [0.717, 1.165) is 22.6 Å². The van der Waals surface area contributed by atoms with E-state index in [9.17, 15) is 4.79 Å². The predicted molar refractivity (Wildman–Crippen MR) is 60.9 cm³/mol. The van der Waals surface area contributed by atoms with Crippen molar-refractivity contribution in [1.29, 1.82) is 0 Å². The first-order chi connectivity index (χ1) is 7.65. The number of hydrogen-bond acceptors (Lipinski definition) is 3. The third-order valence-electron chi connectivity index (χ3n) is 1.95. The Morgan fingerprint density at radius 3 is 2.24 bits per heavy atom. The van der Waals surface area contributed by atoms with Crippen LogP contribution in [0.25, 0.3) is 10.8 Å². The molecule has 1 atom stereocenters. The van der Waals surface area contributed by atoms with E-state index in [0.29, 0.717) is 0 Å². The van der Waals surface area contributed by atoms with Crippen LogP contribution in [0.15, 0.2) is 42.5 Å². The standard InChI is InChI=1S/C11H8O.K.H2O3S/c12-8-10-6-3-5-9-4-1-2-7-11(9)10;;1-4(2)3/h1-8H;;(H2,1,2,3)/q;+1;/p-1. The van der Waals surface area contributed by atoms with Gasteiger partial charge in [-0.3, -0.25) is 4.79 Å². The van der Waals surface area contributed by atoms with Crippen molar-refractivity contribution in [2.45, 2.75) is 0 Å². The molecule has 0 aliphatic rings. The van der Waals surface area contributed by atoms with Crippen molar-refractivity contribution in [3.8, 4) is 0 Å². The fourth-order valence-electron chi connectivity index (χ4n) is 1.35. The summed E-state index contributed by atoms with van der Waals surface area (Å²) < 4.78 is 24.1. The SMILES string of the molecule is O=Cc1cccc2ccccc12.O=S([O-])O.[K+]. The van der Waals surface area contributed by atoms with E-state index in [2.05, 4.69) is 0 Å². The van der Waals surface area contributed by atoms with Crippen molar-refractivity contribution < 1.29 is 69.5 Å². The number of benzene rings is 2. The van der Waals surface area contributed by atoms with E-state index < -0.39 is 11.4 Å². The summed E-state index contributed by atoms with van der Waals surface area (Å²) in [4.78, 5) is 10.6. The van der Waals surface area contributed by atoms with Crippen LogP contribution in [0.5, 0.6) is 0 Å². The number of carbonyl (C=O) groups is 1. The van der Waals surface area contributed by atoms with Crippen molar-refractivity contribution in [3.05, 3.63) is 48.0 Å². The van der Waals surface area contributed by atoms with Crippen LogP contribution >= 0.6 is 0 Å². The minimum Gasteiger partial charge on any atom is -0.750 e. The topological polar surface area (TPSA) is 77.4 Å². The van der Waals surface area contributed by atoms with E-state index in [1.54, 1.807) is 0 Å². The molecule has 2 aromatic carbocycles. The van der Waals surface area contributed by atoms with Crippen LogP contribution in [0, 0.1) is 0 Å². The van der Waals surface area contributed by atoms with Gasteiger partial charge in [-0.25, -0.2) is 4.21 Å². The Balaban J connectivity index is 0.000000453. The van der Waals surface area contributed by atoms with Gasteiger partial charge in [0.2, 0.25) is 0 Å². The molecule has 1 unspecified atom stereocenters. The van der Waals surface area contributed by atoms with E-state index in [-0.39, 0.29) is 51.4 Å². The maximum atomic E-state index is 10.6. The molecular weight excluding hydrogens is 267 g/mol. The van der Waals surface area contributed by atoms with Crippen LogP contribution in [0.3, 0.4) is 0 Å². The molecule has 2 rings (SSSR count). The van der Waals surface area contributed by atoms with E-state index in [1.165, 1.54) is 0 Å². The first kappa shape index (κ1) is 17.1. The van der Waals surface area contributed by atoms with Crippen LogP contribution in [0.2, 0.25) is 0 Å². The molecule has 0 aromatic heterocycles. The number of rotatable bonds is 1. The van der Waals surface area contributed by atoms with Crippen molar-refractivity contribution >= 4 is 28.4 Å². The Morgan fingerprint density at radius 1 is 1.12 bits per heavy atom. The summed E-state index contributed by atoms with van der Waals surface area (Å²) in [6.45, 7) is 0. The summed E-state index contributed by atoms with van der Waals surface area (Å²) in [6.07, 6.45) is 0.891. The van der Waals surface area contributed by atoms with Gasteiger partial charge in [0.05, 0.1) is 11.4 Å². The van der Waals surface area contributed by atoms with Gasteiger partial charge < -0.3 is 9.11 Å². The molecule has 17 heavy (non-hydrogen) atoms. The number of carbonyl (C=O) groups excluding carboxylic acids is 1. The van der Waals surface area contributed by atoms with E-state index in [1.807, 2.05) is 42.5 Å². The monoisotopic (exact) mass is 276 g/mol. The third-order valence-corrected chi connectivity index (χ3v) is 1.95. The number of hydrogen-bond donors (Lipinski definition) is 1. The first-order valence-electron chi connectivity index (χ1n) is 4.36. The minimum absolute atomic E-state index is 0. The van der Waals surface area contributed by atoms with Crippen LogP contribution in [-0.2, 0) is 11.4 Å². The molecule has 0 fully saturated rings. The zero-order chi connectivity index (χ0) is 12.0. The maximum Gasteiger partial charge on any atom is 1.00 e. The van der Waals surface area contributed by atoms with Crippen molar-refractivity contribution in [2.24, 2.45) is 0 Å². The molecule has 0 spiro atoms. The summed E-state index contributed by atoms with van der Waals surface area (Å²) >= 11 is -2.86. The normalized spacial score (nSPS) is 10.7. The summed E-state index contributed by atoms with van der Waals surface area (Å²) in [5.74, 6) is 0. The van der Waals surface area contributed by atoms with Gasteiger partial charge in [-0.05, 0) is 10.8 Å². The third kappa shape index (κ3) is 5.98. The number of fused-ring (bicyclic) bond motifs is 1.